The number of hydrogen-bond acceptors (Lipinski definition) is 3. The number of likely N-dealkylation sites (tertiary alicyclic amines) is 1. The van der Waals surface area contributed by atoms with Gasteiger partial charge in [-0.1, -0.05) is 32.1 Å². The lowest BCUT2D eigenvalue weighted by molar-refractivity contribution is 0.0605. The average molecular weight is 305 g/mol. The third-order valence-electron chi connectivity index (χ3n) is 4.52. The van der Waals surface area contributed by atoms with E-state index in [1.807, 2.05) is 17.9 Å². The van der Waals surface area contributed by atoms with Crippen LogP contribution in [0.15, 0.2) is 6.07 Å². The van der Waals surface area contributed by atoms with Gasteiger partial charge in [-0.3, -0.25) is 4.79 Å². The molecule has 1 amide bonds. The Morgan fingerprint density at radius 2 is 2.14 bits per heavy atom. The molecule has 1 saturated heterocycles. The Bertz CT molecular complexity index is 571. The first-order chi connectivity index (χ1) is 9.99. The normalized spacial score (nSPS) is 17.2. The summed E-state index contributed by atoms with van der Waals surface area (Å²) >= 11 is 1.43. The molecule has 1 fully saturated rings. The fourth-order valence-corrected chi connectivity index (χ4v) is 3.61. The molecule has 0 spiro atoms. The maximum absolute atomic E-state index is 12.6. The number of rotatable bonds is 2. The van der Waals surface area contributed by atoms with Crippen LogP contribution < -0.4 is 0 Å². The quantitative estimate of drug-likeness (QED) is 0.853. The Kier molecular flexibility index (Phi) is 5.08. The van der Waals surface area contributed by atoms with E-state index in [2.05, 4.69) is 25.7 Å². The standard InChI is InChI=1S/C17H23NO2S/c1-4-17(3)7-9-18(10-8-17)16(20)15-12-13(2)14(21-15)6-5-11-19/h12,19H,4,7-11H2,1-3H3. The summed E-state index contributed by atoms with van der Waals surface area (Å²) in [5.41, 5.74) is 1.40. The van der Waals surface area contributed by atoms with Gasteiger partial charge in [0.05, 0.1) is 9.75 Å². The number of aryl methyl sites for hydroxylation is 1. The van der Waals surface area contributed by atoms with E-state index in [4.69, 9.17) is 5.11 Å². The van der Waals surface area contributed by atoms with Crippen LogP contribution in [0.1, 0.15) is 53.2 Å². The molecule has 21 heavy (non-hydrogen) atoms. The molecule has 0 radical (unpaired) electrons. The summed E-state index contributed by atoms with van der Waals surface area (Å²) in [4.78, 5) is 16.2. The Morgan fingerprint density at radius 1 is 1.48 bits per heavy atom. The number of aliphatic hydroxyl groups excluding tert-OH is 1. The first kappa shape index (κ1) is 16.1. The second-order valence-corrected chi connectivity index (χ2v) is 7.09. The van der Waals surface area contributed by atoms with Gasteiger partial charge in [-0.15, -0.1) is 11.3 Å². The molecule has 0 unspecified atom stereocenters. The van der Waals surface area contributed by atoms with Crippen LogP contribution in [0.4, 0.5) is 0 Å². The van der Waals surface area contributed by atoms with E-state index in [-0.39, 0.29) is 12.5 Å². The third-order valence-corrected chi connectivity index (χ3v) is 5.66. The van der Waals surface area contributed by atoms with Gasteiger partial charge in [0.1, 0.15) is 6.61 Å². The van der Waals surface area contributed by atoms with Gasteiger partial charge in [0.25, 0.3) is 5.91 Å². The third kappa shape index (κ3) is 3.66. The Hall–Kier alpha value is -1.31. The van der Waals surface area contributed by atoms with Gasteiger partial charge in [0.2, 0.25) is 0 Å². The molecule has 0 saturated carbocycles. The summed E-state index contributed by atoms with van der Waals surface area (Å²) in [6, 6.07) is 1.92. The molecule has 1 aromatic rings. The van der Waals surface area contributed by atoms with Crippen LogP contribution in [-0.4, -0.2) is 35.6 Å². The minimum absolute atomic E-state index is 0.123. The molecule has 0 atom stereocenters. The van der Waals surface area contributed by atoms with E-state index in [1.54, 1.807) is 0 Å². The monoisotopic (exact) mass is 305 g/mol. The van der Waals surface area contributed by atoms with Crippen molar-refractivity contribution in [1.29, 1.82) is 0 Å². The van der Waals surface area contributed by atoms with Crippen molar-refractivity contribution in [2.75, 3.05) is 19.7 Å². The van der Waals surface area contributed by atoms with Crippen LogP contribution in [-0.2, 0) is 0 Å². The summed E-state index contributed by atoms with van der Waals surface area (Å²) in [6.07, 6.45) is 3.33. The largest absolute Gasteiger partial charge is 0.384 e. The van der Waals surface area contributed by atoms with Crippen molar-refractivity contribution < 1.29 is 9.90 Å². The van der Waals surface area contributed by atoms with E-state index in [0.717, 1.165) is 41.2 Å². The summed E-state index contributed by atoms with van der Waals surface area (Å²) in [5.74, 6) is 5.68. The molecular weight excluding hydrogens is 282 g/mol. The average Bonchev–Trinajstić information content (AvgIpc) is 2.86. The van der Waals surface area contributed by atoms with E-state index in [1.165, 1.54) is 17.8 Å². The maximum atomic E-state index is 12.6. The zero-order valence-electron chi connectivity index (χ0n) is 13.0. The highest BCUT2D eigenvalue weighted by molar-refractivity contribution is 7.14. The highest BCUT2D eigenvalue weighted by atomic mass is 32.1. The summed E-state index contributed by atoms with van der Waals surface area (Å²) in [5, 5.41) is 8.77. The Morgan fingerprint density at radius 3 is 2.71 bits per heavy atom. The van der Waals surface area contributed by atoms with Crippen LogP contribution in [0.25, 0.3) is 0 Å². The van der Waals surface area contributed by atoms with E-state index >= 15 is 0 Å². The molecule has 1 aliphatic heterocycles. The van der Waals surface area contributed by atoms with Gasteiger partial charge >= 0.3 is 0 Å². The van der Waals surface area contributed by atoms with Gasteiger partial charge in [0.15, 0.2) is 0 Å². The molecule has 0 aliphatic carbocycles. The van der Waals surface area contributed by atoms with Crippen molar-refractivity contribution in [3.8, 4) is 11.8 Å². The number of thiophene rings is 1. The minimum Gasteiger partial charge on any atom is -0.384 e. The van der Waals surface area contributed by atoms with Crippen LogP contribution in [0.5, 0.6) is 0 Å². The first-order valence-electron chi connectivity index (χ1n) is 7.48. The van der Waals surface area contributed by atoms with Gasteiger partial charge in [-0.05, 0) is 36.8 Å². The number of amides is 1. The predicted octanol–water partition coefficient (Wildman–Crippen LogP) is 3.05. The predicted molar refractivity (Wildman–Crippen MR) is 86.6 cm³/mol. The van der Waals surface area contributed by atoms with Crippen LogP contribution in [0.3, 0.4) is 0 Å². The number of nitrogens with zero attached hydrogens (tertiary/aromatic N) is 1. The van der Waals surface area contributed by atoms with Crippen molar-refractivity contribution in [2.24, 2.45) is 5.41 Å². The maximum Gasteiger partial charge on any atom is 0.263 e. The van der Waals surface area contributed by atoms with Crippen LogP contribution in [0.2, 0.25) is 0 Å². The first-order valence-corrected chi connectivity index (χ1v) is 8.30. The van der Waals surface area contributed by atoms with Gasteiger partial charge in [-0.25, -0.2) is 0 Å². The molecule has 4 heteroatoms. The van der Waals surface area contributed by atoms with Crippen molar-refractivity contribution in [3.05, 3.63) is 21.4 Å². The fraction of sp³-hybridized carbons (Fsp3) is 0.588. The summed E-state index contributed by atoms with van der Waals surface area (Å²) in [7, 11) is 0. The SMILES string of the molecule is CCC1(C)CCN(C(=O)c2cc(C)c(C#CCO)s2)CC1. The zero-order valence-corrected chi connectivity index (χ0v) is 13.8. The lowest BCUT2D eigenvalue weighted by Crippen LogP contribution is -2.41. The van der Waals surface area contributed by atoms with Crippen molar-refractivity contribution in [3.63, 3.8) is 0 Å². The molecule has 1 aromatic heterocycles. The van der Waals surface area contributed by atoms with E-state index in [9.17, 15) is 4.79 Å². The highest BCUT2D eigenvalue weighted by Gasteiger charge is 2.31. The number of hydrogen-bond donors (Lipinski definition) is 1. The number of aliphatic hydroxyl groups is 1. The molecule has 1 N–H and O–H groups in total. The van der Waals surface area contributed by atoms with Crippen molar-refractivity contribution in [2.45, 2.75) is 40.0 Å². The molecule has 1 aliphatic rings. The van der Waals surface area contributed by atoms with Crippen molar-refractivity contribution >= 4 is 17.2 Å². The molecular formula is C17H23NO2S. The lowest BCUT2D eigenvalue weighted by atomic mass is 9.78. The number of carbonyl (C=O) groups excluding carboxylic acids is 1. The zero-order chi connectivity index (χ0) is 15.5. The van der Waals surface area contributed by atoms with Gasteiger partial charge < -0.3 is 10.0 Å². The smallest absolute Gasteiger partial charge is 0.263 e. The van der Waals surface area contributed by atoms with Crippen LogP contribution in [0, 0.1) is 24.2 Å². The molecule has 3 nitrogen and oxygen atoms in total. The van der Waals surface area contributed by atoms with Gasteiger partial charge in [-0.2, -0.15) is 0 Å². The summed E-state index contributed by atoms with van der Waals surface area (Å²) < 4.78 is 0. The van der Waals surface area contributed by atoms with Crippen molar-refractivity contribution in [1.82, 2.24) is 4.90 Å². The topological polar surface area (TPSA) is 40.5 Å². The minimum atomic E-state index is -0.150. The molecule has 114 valence electrons. The fourth-order valence-electron chi connectivity index (χ4n) is 2.59. The Balaban J connectivity index is 2.08. The van der Waals surface area contributed by atoms with E-state index < -0.39 is 0 Å². The molecule has 2 rings (SSSR count). The molecule has 0 aromatic carbocycles. The Labute approximate surface area is 131 Å². The second kappa shape index (κ2) is 6.64. The second-order valence-electron chi connectivity index (χ2n) is 6.04. The lowest BCUT2D eigenvalue weighted by Gasteiger charge is -2.38. The highest BCUT2D eigenvalue weighted by Crippen LogP contribution is 2.34. The molecule has 2 heterocycles. The van der Waals surface area contributed by atoms with Gasteiger partial charge in [0, 0.05) is 13.1 Å². The van der Waals surface area contributed by atoms with E-state index in [0.29, 0.717) is 5.41 Å². The molecule has 0 bridgehead atoms. The van der Waals surface area contributed by atoms with Crippen LogP contribution >= 0.6 is 11.3 Å². The number of carbonyl (C=O) groups is 1. The number of piperidine rings is 1. The summed E-state index contributed by atoms with van der Waals surface area (Å²) in [6.45, 7) is 8.04.